The molecule has 19 heavy (non-hydrogen) atoms. The van der Waals surface area contributed by atoms with Crippen molar-refractivity contribution in [3.63, 3.8) is 0 Å². The number of nitrogens with zero attached hydrogens (tertiary/aromatic N) is 1. The highest BCUT2D eigenvalue weighted by molar-refractivity contribution is 5.75. The van der Waals surface area contributed by atoms with Crippen molar-refractivity contribution in [1.29, 1.82) is 0 Å². The van der Waals surface area contributed by atoms with Crippen LogP contribution in [-0.2, 0) is 11.3 Å². The highest BCUT2D eigenvalue weighted by atomic mass is 16.1. The molecule has 2 N–H and O–H groups in total. The quantitative estimate of drug-likeness (QED) is 0.754. The Bertz CT molecular complexity index is 409. The number of aryl methyl sites for hydroxylation is 1. The molecule has 0 radical (unpaired) electrons. The van der Waals surface area contributed by atoms with Crippen LogP contribution in [0, 0.1) is 5.92 Å². The monoisotopic (exact) mass is 263 g/mol. The Morgan fingerprint density at radius 1 is 1.53 bits per heavy atom. The van der Waals surface area contributed by atoms with Gasteiger partial charge in [-0.3, -0.25) is 4.79 Å². The molecule has 0 saturated heterocycles. The first kappa shape index (κ1) is 14.1. The Balaban J connectivity index is 1.92. The summed E-state index contributed by atoms with van der Waals surface area (Å²) in [5.41, 5.74) is 1.37. The third-order valence-electron chi connectivity index (χ3n) is 3.72. The molecule has 2 rings (SSSR count). The Kier molecular flexibility index (Phi) is 5.02. The minimum Gasteiger partial charge on any atom is -0.359 e. The van der Waals surface area contributed by atoms with Crippen LogP contribution < -0.4 is 10.6 Å². The molecule has 106 valence electrons. The summed E-state index contributed by atoms with van der Waals surface area (Å²) in [6.45, 7) is 4.03. The van der Waals surface area contributed by atoms with Gasteiger partial charge in [-0.2, -0.15) is 0 Å². The number of aromatic nitrogens is 1. The molecule has 4 heteroatoms. The first-order chi connectivity index (χ1) is 9.24. The number of carbonyl (C=O) groups excluding carboxylic acids is 1. The smallest absolute Gasteiger partial charge is 0.221 e. The van der Waals surface area contributed by atoms with Gasteiger partial charge in [-0.1, -0.05) is 6.92 Å². The van der Waals surface area contributed by atoms with Gasteiger partial charge in [0.05, 0.1) is 0 Å². The van der Waals surface area contributed by atoms with Crippen LogP contribution in [0.15, 0.2) is 18.5 Å². The van der Waals surface area contributed by atoms with Gasteiger partial charge in [0.2, 0.25) is 5.91 Å². The molecule has 0 aliphatic heterocycles. The second kappa shape index (κ2) is 6.75. The summed E-state index contributed by atoms with van der Waals surface area (Å²) >= 11 is 0. The maximum absolute atomic E-state index is 11.2. The Morgan fingerprint density at radius 2 is 2.32 bits per heavy atom. The van der Waals surface area contributed by atoms with Crippen molar-refractivity contribution in [2.24, 2.45) is 5.92 Å². The highest BCUT2D eigenvalue weighted by Gasteiger charge is 2.32. The van der Waals surface area contributed by atoms with Crippen molar-refractivity contribution in [3.05, 3.63) is 24.0 Å². The first-order valence-electron chi connectivity index (χ1n) is 7.34. The van der Waals surface area contributed by atoms with Gasteiger partial charge >= 0.3 is 0 Å². The molecule has 1 fully saturated rings. The fraction of sp³-hybridized carbons (Fsp3) is 0.667. The van der Waals surface area contributed by atoms with E-state index in [1.54, 1.807) is 7.05 Å². The average Bonchev–Trinajstić information content (AvgIpc) is 3.15. The van der Waals surface area contributed by atoms with Crippen molar-refractivity contribution in [2.75, 3.05) is 13.6 Å². The van der Waals surface area contributed by atoms with Crippen LogP contribution in [0.1, 0.15) is 44.2 Å². The molecule has 1 aliphatic carbocycles. The molecular formula is C15H25N3O. The summed E-state index contributed by atoms with van der Waals surface area (Å²) in [4.78, 5) is 11.2. The van der Waals surface area contributed by atoms with E-state index in [9.17, 15) is 4.79 Å². The summed E-state index contributed by atoms with van der Waals surface area (Å²) in [6.07, 6.45) is 8.66. The van der Waals surface area contributed by atoms with Crippen molar-refractivity contribution < 1.29 is 4.79 Å². The van der Waals surface area contributed by atoms with E-state index in [1.807, 2.05) is 0 Å². The summed E-state index contributed by atoms with van der Waals surface area (Å²) in [6, 6.07) is 2.69. The zero-order valence-electron chi connectivity index (χ0n) is 12.0. The molecule has 0 bridgehead atoms. The standard InChI is InChI=1S/C15H25N3O/c1-3-8-17-15(12-4-5-12)13-6-9-18(11-13)10-7-14(19)16-2/h6,9,11-12,15,17H,3-5,7-8,10H2,1-2H3,(H,16,19). The van der Waals surface area contributed by atoms with Crippen molar-refractivity contribution in [2.45, 2.75) is 45.2 Å². The molecule has 1 aromatic heterocycles. The lowest BCUT2D eigenvalue weighted by atomic mass is 10.1. The topological polar surface area (TPSA) is 46.1 Å². The maximum atomic E-state index is 11.2. The van der Waals surface area contributed by atoms with Gasteiger partial charge in [-0.05, 0) is 43.4 Å². The van der Waals surface area contributed by atoms with Crippen molar-refractivity contribution in [3.8, 4) is 0 Å². The van der Waals surface area contributed by atoms with E-state index in [1.165, 1.54) is 24.8 Å². The summed E-state index contributed by atoms with van der Waals surface area (Å²) in [7, 11) is 1.68. The fourth-order valence-electron chi connectivity index (χ4n) is 2.42. The molecular weight excluding hydrogens is 238 g/mol. The second-order valence-electron chi connectivity index (χ2n) is 5.38. The number of rotatable bonds is 8. The van der Waals surface area contributed by atoms with E-state index in [2.05, 4.69) is 40.6 Å². The Morgan fingerprint density at radius 3 is 2.95 bits per heavy atom. The zero-order valence-corrected chi connectivity index (χ0v) is 12.0. The van der Waals surface area contributed by atoms with Crippen LogP contribution in [0.25, 0.3) is 0 Å². The molecule has 0 spiro atoms. The van der Waals surface area contributed by atoms with E-state index < -0.39 is 0 Å². The maximum Gasteiger partial charge on any atom is 0.221 e. The van der Waals surface area contributed by atoms with Gasteiger partial charge in [-0.25, -0.2) is 0 Å². The minimum absolute atomic E-state index is 0.0955. The Hall–Kier alpha value is -1.29. The number of hydrogen-bond donors (Lipinski definition) is 2. The Labute approximate surface area is 115 Å². The largest absolute Gasteiger partial charge is 0.359 e. The molecule has 1 aromatic rings. The lowest BCUT2D eigenvalue weighted by molar-refractivity contribution is -0.120. The number of hydrogen-bond acceptors (Lipinski definition) is 2. The van der Waals surface area contributed by atoms with Gasteiger partial charge in [-0.15, -0.1) is 0 Å². The molecule has 0 aromatic carbocycles. The molecule has 1 saturated carbocycles. The second-order valence-corrected chi connectivity index (χ2v) is 5.38. The van der Waals surface area contributed by atoms with Crippen LogP contribution in [0.5, 0.6) is 0 Å². The van der Waals surface area contributed by atoms with Gasteiger partial charge in [0.15, 0.2) is 0 Å². The molecule has 1 atom stereocenters. The summed E-state index contributed by atoms with van der Waals surface area (Å²) in [5.74, 6) is 0.902. The lowest BCUT2D eigenvalue weighted by Gasteiger charge is -2.16. The normalized spacial score (nSPS) is 16.3. The fourth-order valence-corrected chi connectivity index (χ4v) is 2.42. The van der Waals surface area contributed by atoms with Crippen LogP contribution in [0.4, 0.5) is 0 Å². The van der Waals surface area contributed by atoms with Crippen LogP contribution in [0.2, 0.25) is 0 Å². The predicted octanol–water partition coefficient (Wildman–Crippen LogP) is 2.07. The van der Waals surface area contributed by atoms with Gasteiger partial charge < -0.3 is 15.2 Å². The summed E-state index contributed by atoms with van der Waals surface area (Å²) < 4.78 is 2.12. The SMILES string of the molecule is CCCNC(c1ccn(CCC(=O)NC)c1)C1CC1. The van der Waals surface area contributed by atoms with E-state index in [-0.39, 0.29) is 5.91 Å². The highest BCUT2D eigenvalue weighted by Crippen LogP contribution is 2.41. The average molecular weight is 263 g/mol. The summed E-state index contributed by atoms with van der Waals surface area (Å²) in [5, 5.41) is 6.30. The van der Waals surface area contributed by atoms with Crippen LogP contribution >= 0.6 is 0 Å². The van der Waals surface area contributed by atoms with Crippen molar-refractivity contribution in [1.82, 2.24) is 15.2 Å². The zero-order chi connectivity index (χ0) is 13.7. The van der Waals surface area contributed by atoms with E-state index in [4.69, 9.17) is 0 Å². The first-order valence-corrected chi connectivity index (χ1v) is 7.34. The molecule has 4 nitrogen and oxygen atoms in total. The number of nitrogens with one attached hydrogen (secondary N) is 2. The third kappa shape index (κ3) is 4.10. The predicted molar refractivity (Wildman–Crippen MR) is 76.9 cm³/mol. The van der Waals surface area contributed by atoms with E-state index in [0.29, 0.717) is 12.5 Å². The van der Waals surface area contributed by atoms with Crippen molar-refractivity contribution >= 4 is 5.91 Å². The van der Waals surface area contributed by atoms with E-state index in [0.717, 1.165) is 19.0 Å². The number of amides is 1. The van der Waals surface area contributed by atoms with Crippen LogP contribution in [0.3, 0.4) is 0 Å². The van der Waals surface area contributed by atoms with Gasteiger partial charge in [0.1, 0.15) is 0 Å². The van der Waals surface area contributed by atoms with Gasteiger partial charge in [0, 0.05) is 38.4 Å². The van der Waals surface area contributed by atoms with E-state index >= 15 is 0 Å². The van der Waals surface area contributed by atoms with Gasteiger partial charge in [0.25, 0.3) is 0 Å². The molecule has 1 unspecified atom stereocenters. The minimum atomic E-state index is 0.0955. The molecule has 1 heterocycles. The lowest BCUT2D eigenvalue weighted by Crippen LogP contribution is -2.23. The molecule has 1 aliphatic rings. The number of carbonyl (C=O) groups is 1. The molecule has 1 amide bonds. The third-order valence-corrected chi connectivity index (χ3v) is 3.72. The van der Waals surface area contributed by atoms with Crippen LogP contribution in [-0.4, -0.2) is 24.1 Å².